The summed E-state index contributed by atoms with van der Waals surface area (Å²) in [5.74, 6) is -0.964. The average molecular weight is 668 g/mol. The van der Waals surface area contributed by atoms with Crippen LogP contribution in [0.25, 0.3) is 21.4 Å². The molecular formula is C27H29N3O11S3. The molecular weight excluding hydrogens is 639 g/mol. The molecule has 0 spiro atoms. The molecule has 17 heteroatoms. The summed E-state index contributed by atoms with van der Waals surface area (Å²) in [6.45, 7) is 3.51. The van der Waals surface area contributed by atoms with Gasteiger partial charge < -0.3 is 14.6 Å². The molecule has 0 radical (unpaired) electrons. The van der Waals surface area contributed by atoms with Crippen LogP contribution < -0.4 is 15.8 Å². The lowest BCUT2D eigenvalue weighted by Crippen LogP contribution is -2.38. The van der Waals surface area contributed by atoms with Gasteiger partial charge in [0.25, 0.3) is 21.9 Å². The summed E-state index contributed by atoms with van der Waals surface area (Å²) >= 11 is 0.306. The van der Waals surface area contributed by atoms with E-state index < -0.39 is 51.7 Å². The molecule has 3 heterocycles. The zero-order chi connectivity index (χ0) is 32.2. The van der Waals surface area contributed by atoms with Crippen LogP contribution in [0.15, 0.2) is 60.8 Å². The summed E-state index contributed by atoms with van der Waals surface area (Å²) in [6, 6.07) is 6.95. The molecule has 0 saturated heterocycles. The van der Waals surface area contributed by atoms with E-state index in [1.54, 1.807) is 18.2 Å². The Hall–Kier alpha value is -3.90. The monoisotopic (exact) mass is 667 g/mol. The van der Waals surface area contributed by atoms with Crippen LogP contribution in [0.3, 0.4) is 0 Å². The summed E-state index contributed by atoms with van der Waals surface area (Å²) in [4.78, 5) is 49.9. The minimum Gasteiger partial charge on any atom is -0.422 e. The number of unbranched alkanes of at least 4 members (excludes halogenated alkanes) is 2. The molecule has 0 saturated carbocycles. The van der Waals surface area contributed by atoms with Crippen molar-refractivity contribution >= 4 is 66.0 Å². The van der Waals surface area contributed by atoms with Gasteiger partial charge in [-0.3, -0.25) is 28.4 Å². The van der Waals surface area contributed by atoms with Crippen molar-refractivity contribution in [2.75, 3.05) is 31.1 Å². The molecule has 4 rings (SSSR count). The van der Waals surface area contributed by atoms with Crippen molar-refractivity contribution in [3.63, 3.8) is 0 Å². The van der Waals surface area contributed by atoms with Crippen LogP contribution in [0.4, 0.5) is 5.69 Å². The van der Waals surface area contributed by atoms with E-state index in [1.165, 1.54) is 18.2 Å². The lowest BCUT2D eigenvalue weighted by atomic mass is 10.1. The second-order valence-corrected chi connectivity index (χ2v) is 13.9. The molecule has 3 amide bonds. The van der Waals surface area contributed by atoms with Crippen molar-refractivity contribution in [2.45, 2.75) is 41.7 Å². The highest BCUT2D eigenvalue weighted by Gasteiger charge is 2.28. The van der Waals surface area contributed by atoms with Crippen LogP contribution >= 0.6 is 11.3 Å². The van der Waals surface area contributed by atoms with Crippen LogP contribution in [-0.4, -0.2) is 74.7 Å². The van der Waals surface area contributed by atoms with Crippen molar-refractivity contribution in [1.82, 2.24) is 10.2 Å². The van der Waals surface area contributed by atoms with Gasteiger partial charge in [-0.25, -0.2) is 4.79 Å². The third kappa shape index (κ3) is 7.78. The van der Waals surface area contributed by atoms with Crippen LogP contribution in [0.2, 0.25) is 0 Å². The van der Waals surface area contributed by atoms with Crippen molar-refractivity contribution in [3.05, 3.63) is 52.9 Å². The van der Waals surface area contributed by atoms with E-state index in [9.17, 15) is 45.1 Å². The maximum absolute atomic E-state index is 12.9. The number of fused-ring (bicyclic) bond motifs is 1. The highest BCUT2D eigenvalue weighted by atomic mass is 32.3. The first kappa shape index (κ1) is 33.0. The van der Waals surface area contributed by atoms with Crippen LogP contribution in [-0.2, 0) is 34.6 Å². The van der Waals surface area contributed by atoms with Gasteiger partial charge in [0.05, 0.1) is 10.4 Å². The predicted molar refractivity (Wildman–Crippen MR) is 161 cm³/mol. The fourth-order valence-corrected chi connectivity index (χ4v) is 7.52. The molecule has 0 bridgehead atoms. The second-order valence-electron chi connectivity index (χ2n) is 9.78. The summed E-state index contributed by atoms with van der Waals surface area (Å²) < 4.78 is 70.5. The fraction of sp³-hybridized carbons (Fsp3) is 0.333. The maximum atomic E-state index is 12.9. The Morgan fingerprint density at radius 1 is 0.977 bits per heavy atom. The SMILES string of the molecule is CCN(CCCCCC(=O)NCCN1C(=O)C=CC1=O)c1ccc2cc(-c3sc(S(=O)(=O)O)cc3S(=O)(=O)O)c(=O)oc2c1. The number of anilines is 1. The molecule has 14 nitrogen and oxygen atoms in total. The zero-order valence-electron chi connectivity index (χ0n) is 23.4. The van der Waals surface area contributed by atoms with Gasteiger partial charge in [0, 0.05) is 61.9 Å². The fourth-order valence-electron chi connectivity index (χ4n) is 4.60. The van der Waals surface area contributed by atoms with E-state index >= 15 is 0 Å². The van der Waals surface area contributed by atoms with Crippen molar-refractivity contribution in [1.29, 1.82) is 0 Å². The molecule has 2 aromatic heterocycles. The Balaban J connectivity index is 1.36. The van der Waals surface area contributed by atoms with E-state index in [1.807, 2.05) is 11.8 Å². The highest BCUT2D eigenvalue weighted by molar-refractivity contribution is 7.89. The number of carbonyl (C=O) groups is 3. The summed E-state index contributed by atoms with van der Waals surface area (Å²) in [5, 5.41) is 3.11. The maximum Gasteiger partial charge on any atom is 0.345 e. The first-order valence-electron chi connectivity index (χ1n) is 13.4. The first-order chi connectivity index (χ1) is 20.7. The van der Waals surface area contributed by atoms with Gasteiger partial charge in [-0.05, 0) is 44.0 Å². The number of rotatable bonds is 14. The third-order valence-corrected chi connectivity index (χ3v) is 10.3. The minimum absolute atomic E-state index is 0.115. The number of nitrogens with zero attached hydrogens (tertiary/aromatic N) is 2. The van der Waals surface area contributed by atoms with E-state index in [4.69, 9.17) is 4.42 Å². The van der Waals surface area contributed by atoms with Crippen LogP contribution in [0, 0.1) is 0 Å². The topological polar surface area (TPSA) is 209 Å². The van der Waals surface area contributed by atoms with Crippen LogP contribution in [0.1, 0.15) is 32.6 Å². The molecule has 0 fully saturated rings. The number of thiophene rings is 1. The standard InChI is InChI=1S/C27H29N3O11S3/c1-2-29(12-5-3-4-6-22(31)28-11-13-30-23(32)9-10-24(30)33)18-8-7-17-14-19(27(34)41-20(17)15-18)26-21(43(35,36)37)16-25(42-26)44(38,39)40/h7-10,14-16H,2-6,11-13H2,1H3,(H,28,31)(H,35,36,37)(H,38,39,40). The normalized spacial score (nSPS) is 13.7. The summed E-state index contributed by atoms with van der Waals surface area (Å²) in [6.07, 6.45) is 4.83. The first-order valence-corrected chi connectivity index (χ1v) is 17.1. The van der Waals surface area contributed by atoms with Gasteiger partial charge >= 0.3 is 15.7 Å². The van der Waals surface area contributed by atoms with Crippen molar-refractivity contribution in [3.8, 4) is 10.4 Å². The van der Waals surface area contributed by atoms with Gasteiger partial charge in [-0.1, -0.05) is 6.42 Å². The Morgan fingerprint density at radius 2 is 1.68 bits per heavy atom. The van der Waals surface area contributed by atoms with Crippen molar-refractivity contribution < 1.29 is 44.7 Å². The lowest BCUT2D eigenvalue weighted by Gasteiger charge is -2.23. The molecule has 0 unspecified atom stereocenters. The number of amides is 3. The van der Waals surface area contributed by atoms with Crippen LogP contribution in [0.5, 0.6) is 0 Å². The molecule has 0 aliphatic carbocycles. The number of hydrogen-bond donors (Lipinski definition) is 3. The Kier molecular flexibility index (Phi) is 10.0. The molecule has 0 atom stereocenters. The Morgan fingerprint density at radius 3 is 2.32 bits per heavy atom. The third-order valence-electron chi connectivity index (χ3n) is 6.81. The second kappa shape index (κ2) is 13.4. The molecule has 3 N–H and O–H groups in total. The van der Waals surface area contributed by atoms with Gasteiger partial charge in [-0.2, -0.15) is 16.8 Å². The number of nitrogens with one attached hydrogen (secondary N) is 1. The van der Waals surface area contributed by atoms with Gasteiger partial charge in [0.15, 0.2) is 0 Å². The van der Waals surface area contributed by atoms with E-state index in [0.717, 1.165) is 23.4 Å². The van der Waals surface area contributed by atoms with Crippen molar-refractivity contribution in [2.24, 2.45) is 0 Å². The number of imide groups is 1. The molecule has 1 aliphatic rings. The van der Waals surface area contributed by atoms with E-state index in [-0.39, 0.29) is 30.1 Å². The zero-order valence-corrected chi connectivity index (χ0v) is 25.8. The Bertz CT molecular complexity index is 1890. The molecule has 44 heavy (non-hydrogen) atoms. The molecule has 1 aromatic carbocycles. The number of benzene rings is 1. The molecule has 3 aromatic rings. The predicted octanol–water partition coefficient (Wildman–Crippen LogP) is 2.44. The molecule has 1 aliphatic heterocycles. The van der Waals surface area contributed by atoms with Gasteiger partial charge in [0.2, 0.25) is 5.91 Å². The molecule has 236 valence electrons. The Labute approximate surface area is 256 Å². The highest BCUT2D eigenvalue weighted by Crippen LogP contribution is 2.37. The van der Waals surface area contributed by atoms with E-state index in [0.29, 0.717) is 48.7 Å². The quantitative estimate of drug-likeness (QED) is 0.0980. The lowest BCUT2D eigenvalue weighted by molar-refractivity contribution is -0.137. The summed E-state index contributed by atoms with van der Waals surface area (Å²) in [5.41, 5.74) is -0.332. The number of carbonyl (C=O) groups excluding carboxylic acids is 3. The van der Waals surface area contributed by atoms with Gasteiger partial charge in [-0.15, -0.1) is 11.3 Å². The minimum atomic E-state index is -4.94. The largest absolute Gasteiger partial charge is 0.422 e. The smallest absolute Gasteiger partial charge is 0.345 e. The van der Waals surface area contributed by atoms with E-state index in [2.05, 4.69) is 5.32 Å². The number of hydrogen-bond acceptors (Lipinski definition) is 11. The summed E-state index contributed by atoms with van der Waals surface area (Å²) in [7, 11) is -9.75. The van der Waals surface area contributed by atoms with Gasteiger partial charge in [0.1, 0.15) is 14.7 Å². The average Bonchev–Trinajstić information content (AvgIpc) is 3.54.